The maximum atomic E-state index is 12.2. The van der Waals surface area contributed by atoms with Gasteiger partial charge in [-0.15, -0.1) is 0 Å². The monoisotopic (exact) mass is 294 g/mol. The Balaban J connectivity index is 2.04. The number of carbonyl (C=O) groups is 2. The lowest BCUT2D eigenvalue weighted by atomic mass is 10.1. The molecular formula is C14H18N2O3S. The van der Waals surface area contributed by atoms with Gasteiger partial charge in [0.25, 0.3) is 0 Å². The van der Waals surface area contributed by atoms with E-state index in [1.165, 1.54) is 0 Å². The molecule has 0 saturated carbocycles. The van der Waals surface area contributed by atoms with Crippen LogP contribution in [0.2, 0.25) is 0 Å². The summed E-state index contributed by atoms with van der Waals surface area (Å²) >= 11 is 1.82. The highest BCUT2D eigenvalue weighted by Crippen LogP contribution is 2.15. The zero-order chi connectivity index (χ0) is 14.4. The number of thioether (sulfide) groups is 1. The van der Waals surface area contributed by atoms with Crippen LogP contribution in [0.25, 0.3) is 0 Å². The molecule has 0 spiro atoms. The highest BCUT2D eigenvalue weighted by atomic mass is 32.2. The van der Waals surface area contributed by atoms with Gasteiger partial charge in [0.2, 0.25) is 0 Å². The number of carboxylic acids is 1. The molecule has 0 aromatic heterocycles. The van der Waals surface area contributed by atoms with Crippen molar-refractivity contribution in [1.29, 1.82) is 0 Å². The van der Waals surface area contributed by atoms with Crippen molar-refractivity contribution in [1.82, 2.24) is 10.2 Å². The number of urea groups is 1. The van der Waals surface area contributed by atoms with E-state index in [0.717, 1.165) is 17.9 Å². The maximum Gasteiger partial charge on any atom is 0.330 e. The molecule has 1 aromatic carbocycles. The summed E-state index contributed by atoms with van der Waals surface area (Å²) in [5.41, 5.74) is 0.581. The molecular weight excluding hydrogens is 276 g/mol. The van der Waals surface area contributed by atoms with Crippen molar-refractivity contribution in [2.24, 2.45) is 0 Å². The van der Waals surface area contributed by atoms with Crippen LogP contribution in [-0.2, 0) is 4.79 Å². The summed E-state index contributed by atoms with van der Waals surface area (Å²) in [7, 11) is 0. The Hall–Kier alpha value is -1.69. The van der Waals surface area contributed by atoms with Gasteiger partial charge in [-0.25, -0.2) is 9.59 Å². The number of rotatable bonds is 3. The number of aliphatic carboxylic acids is 1. The Morgan fingerprint density at radius 1 is 1.20 bits per heavy atom. The average Bonchev–Trinajstić information content (AvgIpc) is 2.74. The summed E-state index contributed by atoms with van der Waals surface area (Å²) < 4.78 is 0. The van der Waals surface area contributed by atoms with Crippen molar-refractivity contribution in [2.75, 3.05) is 24.6 Å². The molecule has 1 fully saturated rings. The van der Waals surface area contributed by atoms with Gasteiger partial charge >= 0.3 is 12.0 Å². The van der Waals surface area contributed by atoms with Crippen molar-refractivity contribution in [2.45, 2.75) is 12.5 Å². The Labute approximate surface area is 122 Å². The van der Waals surface area contributed by atoms with Crippen molar-refractivity contribution >= 4 is 23.8 Å². The van der Waals surface area contributed by atoms with E-state index in [2.05, 4.69) is 5.32 Å². The van der Waals surface area contributed by atoms with E-state index in [-0.39, 0.29) is 6.03 Å². The first-order valence-corrected chi connectivity index (χ1v) is 7.75. The van der Waals surface area contributed by atoms with Crippen molar-refractivity contribution in [3.63, 3.8) is 0 Å². The first-order chi connectivity index (χ1) is 9.68. The van der Waals surface area contributed by atoms with Crippen LogP contribution in [0.3, 0.4) is 0 Å². The highest BCUT2D eigenvalue weighted by molar-refractivity contribution is 7.99. The Kier molecular flexibility index (Phi) is 5.29. The Bertz CT molecular complexity index is 459. The minimum Gasteiger partial charge on any atom is -0.479 e. The minimum absolute atomic E-state index is 0.302. The minimum atomic E-state index is -1.05. The molecule has 2 amide bonds. The number of carboxylic acid groups (broad SMARTS) is 1. The number of nitrogens with one attached hydrogen (secondary N) is 1. The van der Waals surface area contributed by atoms with E-state index >= 15 is 0 Å². The molecule has 6 heteroatoms. The van der Waals surface area contributed by atoms with Gasteiger partial charge < -0.3 is 15.3 Å². The zero-order valence-electron chi connectivity index (χ0n) is 11.1. The van der Waals surface area contributed by atoms with Crippen LogP contribution in [0.15, 0.2) is 30.3 Å². The van der Waals surface area contributed by atoms with Gasteiger partial charge in [0.15, 0.2) is 6.04 Å². The van der Waals surface area contributed by atoms with Crippen molar-refractivity contribution in [3.8, 4) is 0 Å². The van der Waals surface area contributed by atoms with E-state index in [1.54, 1.807) is 29.2 Å². The fourth-order valence-electron chi connectivity index (χ4n) is 2.10. The van der Waals surface area contributed by atoms with Gasteiger partial charge in [-0.3, -0.25) is 0 Å². The number of amides is 2. The van der Waals surface area contributed by atoms with Gasteiger partial charge in [0.1, 0.15) is 0 Å². The van der Waals surface area contributed by atoms with E-state index in [9.17, 15) is 14.7 Å². The molecule has 1 unspecified atom stereocenters. The highest BCUT2D eigenvalue weighted by Gasteiger charge is 2.24. The molecule has 1 atom stereocenters. The van der Waals surface area contributed by atoms with Crippen LogP contribution in [0.1, 0.15) is 18.0 Å². The lowest BCUT2D eigenvalue weighted by molar-refractivity contribution is -0.139. The normalized spacial score (nSPS) is 17.1. The Morgan fingerprint density at radius 3 is 2.65 bits per heavy atom. The third-order valence-electron chi connectivity index (χ3n) is 3.16. The molecule has 0 radical (unpaired) electrons. The second kappa shape index (κ2) is 7.19. The molecule has 2 N–H and O–H groups in total. The molecule has 0 aliphatic carbocycles. The van der Waals surface area contributed by atoms with Crippen LogP contribution in [-0.4, -0.2) is 46.6 Å². The summed E-state index contributed by atoms with van der Waals surface area (Å²) in [4.78, 5) is 25.2. The third kappa shape index (κ3) is 3.90. The largest absolute Gasteiger partial charge is 0.479 e. The lowest BCUT2D eigenvalue weighted by Gasteiger charge is -2.23. The molecule has 20 heavy (non-hydrogen) atoms. The van der Waals surface area contributed by atoms with Crippen LogP contribution < -0.4 is 5.32 Å². The molecule has 1 aromatic rings. The first kappa shape index (κ1) is 14.7. The summed E-state index contributed by atoms with van der Waals surface area (Å²) in [6.07, 6.45) is 0.946. The summed E-state index contributed by atoms with van der Waals surface area (Å²) in [5.74, 6) is 0.898. The SMILES string of the molecule is O=C(O)C(NC(=O)N1CCCSCC1)c1ccccc1. The predicted octanol–water partition coefficient (Wildman–Crippen LogP) is 1.96. The van der Waals surface area contributed by atoms with E-state index in [0.29, 0.717) is 18.7 Å². The van der Waals surface area contributed by atoms with E-state index in [1.807, 2.05) is 17.8 Å². The quantitative estimate of drug-likeness (QED) is 0.894. The molecule has 0 bridgehead atoms. The smallest absolute Gasteiger partial charge is 0.330 e. The van der Waals surface area contributed by atoms with Crippen molar-refractivity contribution in [3.05, 3.63) is 35.9 Å². The van der Waals surface area contributed by atoms with Crippen LogP contribution >= 0.6 is 11.8 Å². The van der Waals surface area contributed by atoms with Gasteiger partial charge in [0.05, 0.1) is 0 Å². The van der Waals surface area contributed by atoms with Crippen LogP contribution in [0.5, 0.6) is 0 Å². The number of hydrogen-bond donors (Lipinski definition) is 2. The number of hydrogen-bond acceptors (Lipinski definition) is 3. The number of nitrogens with zero attached hydrogens (tertiary/aromatic N) is 1. The van der Waals surface area contributed by atoms with Gasteiger partial charge in [-0.2, -0.15) is 11.8 Å². The van der Waals surface area contributed by atoms with Gasteiger partial charge in [-0.1, -0.05) is 30.3 Å². The molecule has 1 aliphatic heterocycles. The van der Waals surface area contributed by atoms with Crippen LogP contribution in [0, 0.1) is 0 Å². The second-order valence-corrected chi connectivity index (χ2v) is 5.81. The molecule has 5 nitrogen and oxygen atoms in total. The lowest BCUT2D eigenvalue weighted by Crippen LogP contribution is -2.44. The van der Waals surface area contributed by atoms with Gasteiger partial charge in [-0.05, 0) is 17.7 Å². The maximum absolute atomic E-state index is 12.2. The van der Waals surface area contributed by atoms with Crippen LogP contribution in [0.4, 0.5) is 4.79 Å². The zero-order valence-corrected chi connectivity index (χ0v) is 11.9. The average molecular weight is 294 g/mol. The summed E-state index contributed by atoms with van der Waals surface area (Å²) in [5, 5.41) is 11.9. The topological polar surface area (TPSA) is 69.6 Å². The van der Waals surface area contributed by atoms with E-state index in [4.69, 9.17) is 0 Å². The molecule has 1 heterocycles. The Morgan fingerprint density at radius 2 is 1.95 bits per heavy atom. The molecule has 1 saturated heterocycles. The second-order valence-electron chi connectivity index (χ2n) is 4.58. The summed E-state index contributed by atoms with van der Waals surface area (Å²) in [6.45, 7) is 1.34. The molecule has 2 rings (SSSR count). The van der Waals surface area contributed by atoms with Crippen molar-refractivity contribution < 1.29 is 14.7 Å². The number of benzene rings is 1. The standard InChI is InChI=1S/C14H18N2O3S/c17-13(18)12(11-5-2-1-3-6-11)15-14(19)16-7-4-9-20-10-8-16/h1-3,5-6,12H,4,7-10H2,(H,15,19)(H,17,18). The number of carbonyl (C=O) groups excluding carboxylic acids is 1. The predicted molar refractivity (Wildman–Crippen MR) is 78.9 cm³/mol. The fourth-order valence-corrected chi connectivity index (χ4v) is 2.98. The van der Waals surface area contributed by atoms with E-state index < -0.39 is 12.0 Å². The summed E-state index contributed by atoms with van der Waals surface area (Å²) in [6, 6.07) is 7.45. The molecule has 1 aliphatic rings. The molecule has 108 valence electrons. The van der Waals surface area contributed by atoms with Gasteiger partial charge in [0, 0.05) is 18.8 Å². The first-order valence-electron chi connectivity index (χ1n) is 6.59. The fraction of sp³-hybridized carbons (Fsp3) is 0.429. The third-order valence-corrected chi connectivity index (χ3v) is 4.21.